The summed E-state index contributed by atoms with van der Waals surface area (Å²) in [4.78, 5) is 10.00. The number of nitro benzene ring substituents is 1. The van der Waals surface area contributed by atoms with Gasteiger partial charge < -0.3 is 4.55 Å². The number of hydrogen-bond donors (Lipinski definition) is 0. The van der Waals surface area contributed by atoms with Crippen LogP contribution < -0.4 is 29.6 Å². The summed E-state index contributed by atoms with van der Waals surface area (Å²) in [5.74, 6) is 0. The van der Waals surface area contributed by atoms with Gasteiger partial charge in [-0.15, -0.1) is 0 Å². The summed E-state index contributed by atoms with van der Waals surface area (Å²) in [5, 5.41) is 10.2. The van der Waals surface area contributed by atoms with Crippen LogP contribution >= 0.6 is 12.0 Å². The zero-order valence-electron chi connectivity index (χ0n) is 6.39. The Kier molecular flexibility index (Phi) is 5.52. The van der Waals surface area contributed by atoms with Crippen LogP contribution in [0.1, 0.15) is 0 Å². The molecule has 0 unspecified atom stereocenters. The van der Waals surface area contributed by atoms with Crippen LogP contribution in [0.15, 0.2) is 29.2 Å². The van der Waals surface area contributed by atoms with Crippen molar-refractivity contribution in [1.82, 2.24) is 0 Å². The first kappa shape index (κ1) is 11.9. The van der Waals surface area contributed by atoms with Crippen molar-refractivity contribution >= 4 is 17.7 Å². The molecule has 0 aliphatic rings. The van der Waals surface area contributed by atoms with Crippen molar-refractivity contribution in [2.75, 3.05) is 0 Å². The summed E-state index contributed by atoms with van der Waals surface area (Å²) in [6.07, 6.45) is 0. The molecule has 0 bridgehead atoms. The summed E-state index contributed by atoms with van der Waals surface area (Å²) < 4.78 is 10.2. The summed E-state index contributed by atoms with van der Waals surface area (Å²) in [7, 11) is 0. The SMILES string of the molecule is O=[N+]([O-])c1cccc(S[O-])c1.[Na+]. The van der Waals surface area contributed by atoms with E-state index >= 15 is 0 Å². The van der Waals surface area contributed by atoms with Crippen molar-refractivity contribution in [3.63, 3.8) is 0 Å². The first-order chi connectivity index (χ1) is 5.24. The molecular weight excluding hydrogens is 189 g/mol. The van der Waals surface area contributed by atoms with Gasteiger partial charge >= 0.3 is 29.6 Å². The van der Waals surface area contributed by atoms with Crippen LogP contribution in [0.3, 0.4) is 0 Å². The third-order valence-electron chi connectivity index (χ3n) is 1.12. The minimum absolute atomic E-state index is 0. The van der Waals surface area contributed by atoms with Crippen LogP contribution in [0, 0.1) is 10.1 Å². The molecule has 0 spiro atoms. The van der Waals surface area contributed by atoms with Crippen molar-refractivity contribution in [3.05, 3.63) is 34.4 Å². The number of nitrogens with zero attached hydrogens (tertiary/aromatic N) is 1. The number of hydrogen-bond acceptors (Lipinski definition) is 4. The van der Waals surface area contributed by atoms with Crippen molar-refractivity contribution in [2.45, 2.75) is 4.90 Å². The van der Waals surface area contributed by atoms with E-state index in [2.05, 4.69) is 0 Å². The maximum Gasteiger partial charge on any atom is 1.00 e. The molecule has 0 saturated heterocycles. The Bertz CT molecular complexity index is 281. The van der Waals surface area contributed by atoms with Crippen molar-refractivity contribution in [2.24, 2.45) is 0 Å². The Balaban J connectivity index is 0.00000121. The summed E-state index contributed by atoms with van der Waals surface area (Å²) >= 11 is 0.246. The monoisotopic (exact) mass is 193 g/mol. The number of rotatable bonds is 2. The maximum absolute atomic E-state index is 10.2. The fraction of sp³-hybridized carbons (Fsp3) is 0. The molecule has 0 N–H and O–H groups in total. The van der Waals surface area contributed by atoms with E-state index in [1.54, 1.807) is 0 Å². The van der Waals surface area contributed by atoms with Gasteiger partial charge in [0.1, 0.15) is 0 Å². The van der Waals surface area contributed by atoms with Gasteiger partial charge in [0, 0.05) is 12.1 Å². The van der Waals surface area contributed by atoms with Crippen molar-refractivity contribution in [3.8, 4) is 0 Å². The van der Waals surface area contributed by atoms with Crippen LogP contribution in [0.2, 0.25) is 0 Å². The average Bonchev–Trinajstić information content (AvgIpc) is 2.05. The second-order valence-corrected chi connectivity index (χ2v) is 2.48. The number of non-ortho nitro benzene ring substituents is 1. The van der Waals surface area contributed by atoms with Gasteiger partial charge in [-0.3, -0.25) is 10.1 Å². The van der Waals surface area contributed by atoms with E-state index in [0.717, 1.165) is 0 Å². The second-order valence-electron chi connectivity index (χ2n) is 1.84. The molecule has 1 rings (SSSR count). The van der Waals surface area contributed by atoms with Crippen LogP contribution in [0.25, 0.3) is 0 Å². The Labute approximate surface area is 95.6 Å². The minimum atomic E-state index is -0.528. The van der Waals surface area contributed by atoms with Gasteiger partial charge in [-0.2, -0.15) is 0 Å². The van der Waals surface area contributed by atoms with E-state index in [9.17, 15) is 14.7 Å². The molecule has 12 heavy (non-hydrogen) atoms. The van der Waals surface area contributed by atoms with E-state index < -0.39 is 4.92 Å². The molecular formula is C6H4NNaO3S. The molecule has 0 heterocycles. The third kappa shape index (κ3) is 3.12. The third-order valence-corrected chi connectivity index (χ3v) is 1.57. The molecule has 0 fully saturated rings. The summed E-state index contributed by atoms with van der Waals surface area (Å²) in [6.45, 7) is 0. The molecule has 1 aromatic carbocycles. The van der Waals surface area contributed by atoms with Crippen LogP contribution in [-0.4, -0.2) is 9.48 Å². The smallest absolute Gasteiger partial charge is 0.795 e. The summed E-state index contributed by atoms with van der Waals surface area (Å²) in [5.41, 5.74) is -0.0501. The Hall–Kier alpha value is -0.0700. The fourth-order valence-electron chi connectivity index (χ4n) is 0.649. The molecule has 0 aromatic heterocycles. The zero-order chi connectivity index (χ0) is 8.27. The van der Waals surface area contributed by atoms with Crippen molar-refractivity contribution < 1.29 is 39.0 Å². The number of nitro groups is 1. The van der Waals surface area contributed by atoms with Gasteiger partial charge in [0.05, 0.1) is 4.92 Å². The van der Waals surface area contributed by atoms with Crippen LogP contribution in [0.4, 0.5) is 5.69 Å². The molecule has 58 valence electrons. The molecule has 0 radical (unpaired) electrons. The fourth-order valence-corrected chi connectivity index (χ4v) is 0.952. The molecule has 0 aliphatic carbocycles. The van der Waals surface area contributed by atoms with Crippen molar-refractivity contribution in [1.29, 1.82) is 0 Å². The van der Waals surface area contributed by atoms with Gasteiger partial charge in [0.15, 0.2) is 0 Å². The van der Waals surface area contributed by atoms with E-state index in [4.69, 9.17) is 0 Å². The predicted molar refractivity (Wildman–Crippen MR) is 39.7 cm³/mol. The van der Waals surface area contributed by atoms with E-state index in [0.29, 0.717) is 4.90 Å². The molecule has 0 aliphatic heterocycles. The molecule has 0 saturated carbocycles. The molecule has 4 nitrogen and oxygen atoms in total. The second kappa shape index (κ2) is 5.55. The van der Waals surface area contributed by atoms with Gasteiger partial charge in [-0.05, 0) is 11.0 Å². The first-order valence-corrected chi connectivity index (χ1v) is 3.52. The predicted octanol–water partition coefficient (Wildman–Crippen LogP) is -1.18. The van der Waals surface area contributed by atoms with E-state index in [1.807, 2.05) is 0 Å². The zero-order valence-corrected chi connectivity index (χ0v) is 9.21. The molecule has 0 atom stereocenters. The van der Waals surface area contributed by atoms with Gasteiger partial charge in [-0.1, -0.05) is 6.07 Å². The minimum Gasteiger partial charge on any atom is -0.795 e. The van der Waals surface area contributed by atoms with Gasteiger partial charge in [0.2, 0.25) is 0 Å². The van der Waals surface area contributed by atoms with E-state index in [-0.39, 0.29) is 47.3 Å². The molecule has 6 heteroatoms. The molecule has 1 aromatic rings. The largest absolute Gasteiger partial charge is 1.00 e. The Morgan fingerprint density at radius 3 is 2.58 bits per heavy atom. The standard InChI is InChI=1S/C6H5NO3S.Na/c8-7(9)5-2-1-3-6(4-5)11-10;/h1-4,10H;/q;+1/p-1. The number of benzene rings is 1. The van der Waals surface area contributed by atoms with E-state index in [1.165, 1.54) is 24.3 Å². The average molecular weight is 193 g/mol. The Morgan fingerprint density at radius 2 is 2.08 bits per heavy atom. The normalized spacial score (nSPS) is 8.75. The topological polar surface area (TPSA) is 66.2 Å². The van der Waals surface area contributed by atoms with Crippen LogP contribution in [-0.2, 0) is 0 Å². The van der Waals surface area contributed by atoms with Gasteiger partial charge in [-0.25, -0.2) is 12.0 Å². The molecule has 0 amide bonds. The van der Waals surface area contributed by atoms with Gasteiger partial charge in [0.25, 0.3) is 5.69 Å². The van der Waals surface area contributed by atoms with Crippen LogP contribution in [0.5, 0.6) is 0 Å². The Morgan fingerprint density at radius 1 is 1.42 bits per heavy atom. The summed E-state index contributed by atoms with van der Waals surface area (Å²) in [6, 6.07) is 5.61. The quantitative estimate of drug-likeness (QED) is 0.257. The first-order valence-electron chi connectivity index (χ1n) is 2.78. The maximum atomic E-state index is 10.2.